The minimum absolute atomic E-state index is 0.157. The van der Waals surface area contributed by atoms with Crippen molar-refractivity contribution in [1.29, 1.82) is 0 Å². The molecule has 0 aliphatic heterocycles. The van der Waals surface area contributed by atoms with Crippen molar-refractivity contribution in [3.63, 3.8) is 0 Å². The highest BCUT2D eigenvalue weighted by Crippen LogP contribution is 2.25. The SMILES string of the molecule is CC(C)c1cc(C(=O)N[C@H](C)Cc2ccc(O)c(O)c2)no1. The van der Waals surface area contributed by atoms with E-state index in [1.807, 2.05) is 20.8 Å². The molecule has 0 aliphatic carbocycles. The Balaban J connectivity index is 1.96. The van der Waals surface area contributed by atoms with Crippen molar-refractivity contribution in [2.75, 3.05) is 0 Å². The summed E-state index contributed by atoms with van der Waals surface area (Å²) >= 11 is 0. The first-order valence-corrected chi connectivity index (χ1v) is 7.15. The highest BCUT2D eigenvalue weighted by atomic mass is 16.5. The topological polar surface area (TPSA) is 95.6 Å². The Kier molecular flexibility index (Phi) is 4.70. The normalized spacial score (nSPS) is 12.4. The molecule has 0 radical (unpaired) electrons. The number of rotatable bonds is 5. The van der Waals surface area contributed by atoms with Gasteiger partial charge in [0.1, 0.15) is 5.76 Å². The minimum Gasteiger partial charge on any atom is -0.504 e. The predicted molar refractivity (Wildman–Crippen MR) is 81.0 cm³/mol. The summed E-state index contributed by atoms with van der Waals surface area (Å²) in [5.41, 5.74) is 1.07. The smallest absolute Gasteiger partial charge is 0.273 e. The van der Waals surface area contributed by atoms with Gasteiger partial charge in [0.05, 0.1) is 0 Å². The van der Waals surface area contributed by atoms with Crippen LogP contribution in [0.1, 0.15) is 48.5 Å². The summed E-state index contributed by atoms with van der Waals surface area (Å²) < 4.78 is 5.10. The Morgan fingerprint density at radius 1 is 1.23 bits per heavy atom. The Morgan fingerprint density at radius 2 is 1.95 bits per heavy atom. The van der Waals surface area contributed by atoms with Crippen molar-refractivity contribution in [1.82, 2.24) is 10.5 Å². The maximum absolute atomic E-state index is 12.1. The number of benzene rings is 1. The van der Waals surface area contributed by atoms with Crippen LogP contribution in [-0.4, -0.2) is 27.3 Å². The first-order chi connectivity index (χ1) is 10.4. The van der Waals surface area contributed by atoms with Gasteiger partial charge in [-0.3, -0.25) is 4.79 Å². The van der Waals surface area contributed by atoms with E-state index in [0.717, 1.165) is 5.56 Å². The first kappa shape index (κ1) is 15.9. The van der Waals surface area contributed by atoms with Crippen LogP contribution in [0.4, 0.5) is 0 Å². The second-order valence-corrected chi connectivity index (χ2v) is 5.67. The molecule has 22 heavy (non-hydrogen) atoms. The number of phenols is 2. The third kappa shape index (κ3) is 3.78. The molecule has 1 aromatic heterocycles. The molecule has 1 heterocycles. The fourth-order valence-electron chi connectivity index (χ4n) is 2.07. The molecule has 3 N–H and O–H groups in total. The highest BCUT2D eigenvalue weighted by Gasteiger charge is 2.16. The van der Waals surface area contributed by atoms with Crippen molar-refractivity contribution >= 4 is 5.91 Å². The van der Waals surface area contributed by atoms with Crippen LogP contribution >= 0.6 is 0 Å². The molecule has 118 valence electrons. The molecule has 1 aromatic carbocycles. The number of aromatic hydroxyl groups is 2. The zero-order chi connectivity index (χ0) is 16.3. The second kappa shape index (κ2) is 6.51. The third-order valence-electron chi connectivity index (χ3n) is 3.29. The summed E-state index contributed by atoms with van der Waals surface area (Å²) in [7, 11) is 0. The monoisotopic (exact) mass is 304 g/mol. The fraction of sp³-hybridized carbons (Fsp3) is 0.375. The fourth-order valence-corrected chi connectivity index (χ4v) is 2.07. The molecule has 6 heteroatoms. The van der Waals surface area contributed by atoms with E-state index in [4.69, 9.17) is 4.52 Å². The van der Waals surface area contributed by atoms with E-state index in [2.05, 4.69) is 10.5 Å². The molecule has 0 bridgehead atoms. The molecular weight excluding hydrogens is 284 g/mol. The minimum atomic E-state index is -0.300. The van der Waals surface area contributed by atoms with Crippen LogP contribution in [0, 0.1) is 0 Å². The van der Waals surface area contributed by atoms with Gasteiger partial charge in [0.2, 0.25) is 0 Å². The van der Waals surface area contributed by atoms with Gasteiger partial charge in [-0.25, -0.2) is 0 Å². The molecule has 1 amide bonds. The van der Waals surface area contributed by atoms with Gasteiger partial charge in [-0.15, -0.1) is 0 Å². The quantitative estimate of drug-likeness (QED) is 0.738. The van der Waals surface area contributed by atoms with E-state index in [-0.39, 0.29) is 35.1 Å². The number of carbonyl (C=O) groups excluding carboxylic acids is 1. The molecule has 0 unspecified atom stereocenters. The van der Waals surface area contributed by atoms with Crippen molar-refractivity contribution in [2.24, 2.45) is 0 Å². The van der Waals surface area contributed by atoms with Crippen molar-refractivity contribution in [3.05, 3.63) is 41.3 Å². The lowest BCUT2D eigenvalue weighted by Gasteiger charge is -2.13. The number of nitrogens with zero attached hydrogens (tertiary/aromatic N) is 1. The number of hydrogen-bond acceptors (Lipinski definition) is 5. The lowest BCUT2D eigenvalue weighted by Crippen LogP contribution is -2.34. The van der Waals surface area contributed by atoms with Gasteiger partial charge >= 0.3 is 0 Å². The molecule has 1 atom stereocenters. The van der Waals surface area contributed by atoms with E-state index < -0.39 is 0 Å². The van der Waals surface area contributed by atoms with Gasteiger partial charge in [0, 0.05) is 18.0 Å². The molecule has 0 aliphatic rings. The molecular formula is C16H20N2O4. The molecule has 0 saturated heterocycles. The number of phenolic OH excluding ortho intramolecular Hbond substituents is 2. The lowest BCUT2D eigenvalue weighted by atomic mass is 10.1. The largest absolute Gasteiger partial charge is 0.504 e. The number of aromatic nitrogens is 1. The van der Waals surface area contributed by atoms with Crippen LogP contribution in [0.5, 0.6) is 11.5 Å². The van der Waals surface area contributed by atoms with Gasteiger partial charge < -0.3 is 20.1 Å². The molecule has 0 saturated carbocycles. The number of hydrogen-bond donors (Lipinski definition) is 3. The van der Waals surface area contributed by atoms with Crippen molar-refractivity contribution < 1.29 is 19.5 Å². The third-order valence-corrected chi connectivity index (χ3v) is 3.29. The number of carbonyl (C=O) groups is 1. The highest BCUT2D eigenvalue weighted by molar-refractivity contribution is 5.92. The average molecular weight is 304 g/mol. The van der Waals surface area contributed by atoms with Crippen LogP contribution in [0.25, 0.3) is 0 Å². The van der Waals surface area contributed by atoms with Gasteiger partial charge in [-0.1, -0.05) is 25.1 Å². The summed E-state index contributed by atoms with van der Waals surface area (Å²) in [5, 5.41) is 25.3. The average Bonchev–Trinajstić information content (AvgIpc) is 2.93. The molecule has 6 nitrogen and oxygen atoms in total. The van der Waals surface area contributed by atoms with Gasteiger partial charge in [-0.05, 0) is 31.0 Å². The zero-order valence-electron chi connectivity index (χ0n) is 12.8. The van der Waals surface area contributed by atoms with Crippen LogP contribution in [0.3, 0.4) is 0 Å². The maximum atomic E-state index is 12.1. The van der Waals surface area contributed by atoms with Crippen molar-refractivity contribution in [3.8, 4) is 11.5 Å². The summed E-state index contributed by atoms with van der Waals surface area (Å²) in [4.78, 5) is 12.1. The molecule has 2 aromatic rings. The van der Waals surface area contributed by atoms with Crippen LogP contribution in [-0.2, 0) is 6.42 Å². The van der Waals surface area contributed by atoms with Crippen LogP contribution < -0.4 is 5.32 Å². The molecule has 0 spiro atoms. The maximum Gasteiger partial charge on any atom is 0.273 e. The first-order valence-electron chi connectivity index (χ1n) is 7.15. The Morgan fingerprint density at radius 3 is 2.55 bits per heavy atom. The van der Waals surface area contributed by atoms with Gasteiger partial charge in [-0.2, -0.15) is 0 Å². The lowest BCUT2D eigenvalue weighted by molar-refractivity contribution is 0.0931. The molecule has 2 rings (SSSR count). The number of nitrogens with one attached hydrogen (secondary N) is 1. The standard InChI is InChI=1S/C16H20N2O4/c1-9(2)15-8-12(18-22-15)16(21)17-10(3)6-11-4-5-13(19)14(20)7-11/h4-5,7-10,19-20H,6H2,1-3H3,(H,17,21)/t10-/m1/s1. The van der Waals surface area contributed by atoms with E-state index in [9.17, 15) is 15.0 Å². The van der Waals surface area contributed by atoms with Gasteiger partial charge in [0.25, 0.3) is 5.91 Å². The van der Waals surface area contributed by atoms with E-state index in [1.54, 1.807) is 12.1 Å². The van der Waals surface area contributed by atoms with Crippen LogP contribution in [0.2, 0.25) is 0 Å². The van der Waals surface area contributed by atoms with Crippen molar-refractivity contribution in [2.45, 2.75) is 39.2 Å². The predicted octanol–water partition coefficient (Wildman–Crippen LogP) is 2.57. The Bertz CT molecular complexity index is 664. The van der Waals surface area contributed by atoms with E-state index in [0.29, 0.717) is 12.2 Å². The molecule has 0 fully saturated rings. The van der Waals surface area contributed by atoms with Gasteiger partial charge in [0.15, 0.2) is 17.2 Å². The second-order valence-electron chi connectivity index (χ2n) is 5.67. The zero-order valence-corrected chi connectivity index (χ0v) is 12.8. The van der Waals surface area contributed by atoms with Crippen LogP contribution in [0.15, 0.2) is 28.8 Å². The Labute approximate surface area is 128 Å². The van der Waals surface area contributed by atoms with E-state index in [1.165, 1.54) is 12.1 Å². The number of amides is 1. The summed E-state index contributed by atoms with van der Waals surface area (Å²) in [6.45, 7) is 5.77. The summed E-state index contributed by atoms with van der Waals surface area (Å²) in [6.07, 6.45) is 0.522. The Hall–Kier alpha value is -2.50. The summed E-state index contributed by atoms with van der Waals surface area (Å²) in [6, 6.07) is 6.08. The summed E-state index contributed by atoms with van der Waals surface area (Å²) in [5.74, 6) is 0.206. The van der Waals surface area contributed by atoms with E-state index >= 15 is 0 Å².